The molecule has 0 amide bonds. The number of benzene rings is 1. The molecule has 3 nitrogen and oxygen atoms in total. The molecule has 5 heteroatoms. The van der Waals surface area contributed by atoms with Crippen LogP contribution < -0.4 is 5.32 Å². The molecule has 1 aliphatic rings. The minimum atomic E-state index is -0.607. The van der Waals surface area contributed by atoms with Gasteiger partial charge in [-0.15, -0.1) is 0 Å². The maximum atomic E-state index is 13.7. The van der Waals surface area contributed by atoms with Gasteiger partial charge in [0.1, 0.15) is 17.5 Å². The van der Waals surface area contributed by atoms with Crippen LogP contribution in [0.2, 0.25) is 0 Å². The van der Waals surface area contributed by atoms with Crippen molar-refractivity contribution in [1.29, 1.82) is 0 Å². The van der Waals surface area contributed by atoms with Crippen molar-refractivity contribution in [2.24, 2.45) is 0 Å². The average molecular weight is 261 g/mol. The Bertz CT molecular complexity index is 595. The van der Waals surface area contributed by atoms with Crippen molar-refractivity contribution in [3.05, 3.63) is 47.9 Å². The molecule has 1 aliphatic heterocycles. The van der Waals surface area contributed by atoms with Crippen LogP contribution in [-0.4, -0.2) is 16.5 Å². The lowest BCUT2D eigenvalue weighted by Gasteiger charge is -2.10. The summed E-state index contributed by atoms with van der Waals surface area (Å²) in [4.78, 5) is 8.60. The number of aromatic nitrogens is 2. The van der Waals surface area contributed by atoms with Crippen molar-refractivity contribution in [2.75, 3.05) is 6.54 Å². The van der Waals surface area contributed by atoms with Gasteiger partial charge in [-0.25, -0.2) is 18.7 Å². The Kier molecular flexibility index (Phi) is 3.21. The van der Waals surface area contributed by atoms with Crippen molar-refractivity contribution >= 4 is 0 Å². The standard InChI is InChI=1S/C14H13F2N3/c15-9-3-4-10(11(16)8-9)12-5-7-18-14(19-12)13-2-1-6-17-13/h3-5,7-8,13,17H,1-2,6H2. The Morgan fingerprint density at radius 2 is 2.11 bits per heavy atom. The second kappa shape index (κ2) is 5.01. The SMILES string of the molecule is Fc1ccc(-c2ccnc(C3CCCN3)n2)c(F)c1. The van der Waals surface area contributed by atoms with Gasteiger partial charge in [0.05, 0.1) is 11.7 Å². The van der Waals surface area contributed by atoms with E-state index in [0.29, 0.717) is 17.1 Å². The van der Waals surface area contributed by atoms with Crippen LogP contribution in [0.25, 0.3) is 11.3 Å². The molecule has 19 heavy (non-hydrogen) atoms. The average Bonchev–Trinajstić information content (AvgIpc) is 2.93. The largest absolute Gasteiger partial charge is 0.307 e. The predicted molar refractivity (Wildman–Crippen MR) is 67.4 cm³/mol. The molecule has 1 aromatic carbocycles. The molecule has 0 bridgehead atoms. The lowest BCUT2D eigenvalue weighted by Crippen LogP contribution is -2.16. The molecule has 0 radical (unpaired) electrons. The van der Waals surface area contributed by atoms with Crippen LogP contribution in [-0.2, 0) is 0 Å². The van der Waals surface area contributed by atoms with Crippen molar-refractivity contribution < 1.29 is 8.78 Å². The molecule has 1 unspecified atom stereocenters. The topological polar surface area (TPSA) is 37.8 Å². The van der Waals surface area contributed by atoms with E-state index in [1.54, 1.807) is 12.3 Å². The quantitative estimate of drug-likeness (QED) is 0.903. The molecule has 1 atom stereocenters. The van der Waals surface area contributed by atoms with Crippen LogP contribution in [0.5, 0.6) is 0 Å². The monoisotopic (exact) mass is 261 g/mol. The zero-order valence-electron chi connectivity index (χ0n) is 10.2. The lowest BCUT2D eigenvalue weighted by molar-refractivity contribution is 0.584. The number of halogens is 2. The van der Waals surface area contributed by atoms with Gasteiger partial charge in [0, 0.05) is 17.8 Å². The summed E-state index contributed by atoms with van der Waals surface area (Å²) in [6, 6.07) is 5.26. The van der Waals surface area contributed by atoms with Gasteiger partial charge in [0.2, 0.25) is 0 Å². The molecule has 0 aliphatic carbocycles. The second-order valence-electron chi connectivity index (χ2n) is 4.57. The maximum absolute atomic E-state index is 13.7. The number of nitrogens with zero attached hydrogens (tertiary/aromatic N) is 2. The van der Waals surface area contributed by atoms with E-state index in [-0.39, 0.29) is 6.04 Å². The zero-order chi connectivity index (χ0) is 13.2. The van der Waals surface area contributed by atoms with E-state index in [1.165, 1.54) is 12.1 Å². The first-order valence-corrected chi connectivity index (χ1v) is 6.26. The highest BCUT2D eigenvalue weighted by molar-refractivity contribution is 5.59. The first kappa shape index (κ1) is 12.2. The normalized spacial score (nSPS) is 18.7. The molecule has 2 aromatic rings. The van der Waals surface area contributed by atoms with E-state index in [1.807, 2.05) is 0 Å². The molecular weight excluding hydrogens is 248 g/mol. The fourth-order valence-electron chi connectivity index (χ4n) is 2.29. The van der Waals surface area contributed by atoms with Gasteiger partial charge < -0.3 is 5.32 Å². The predicted octanol–water partition coefficient (Wildman–Crippen LogP) is 2.85. The van der Waals surface area contributed by atoms with Gasteiger partial charge in [0.15, 0.2) is 0 Å². The van der Waals surface area contributed by atoms with Gasteiger partial charge >= 0.3 is 0 Å². The molecule has 1 aromatic heterocycles. The number of nitrogens with one attached hydrogen (secondary N) is 1. The Hall–Kier alpha value is -1.88. The summed E-state index contributed by atoms with van der Waals surface area (Å²) in [5, 5.41) is 3.30. The summed E-state index contributed by atoms with van der Waals surface area (Å²) < 4.78 is 26.6. The van der Waals surface area contributed by atoms with Crippen molar-refractivity contribution in [3.8, 4) is 11.3 Å². The second-order valence-corrected chi connectivity index (χ2v) is 4.57. The van der Waals surface area contributed by atoms with E-state index in [2.05, 4.69) is 15.3 Å². The van der Waals surface area contributed by atoms with Crippen molar-refractivity contribution in [3.63, 3.8) is 0 Å². The highest BCUT2D eigenvalue weighted by Gasteiger charge is 2.19. The Balaban J connectivity index is 1.98. The smallest absolute Gasteiger partial charge is 0.145 e. The molecular formula is C14H13F2N3. The van der Waals surface area contributed by atoms with Crippen molar-refractivity contribution in [1.82, 2.24) is 15.3 Å². The van der Waals surface area contributed by atoms with Gasteiger partial charge in [-0.05, 0) is 37.6 Å². The Morgan fingerprint density at radius 1 is 1.21 bits per heavy atom. The third-order valence-corrected chi connectivity index (χ3v) is 3.25. The molecule has 1 fully saturated rings. The van der Waals surface area contributed by atoms with Crippen LogP contribution in [0.15, 0.2) is 30.5 Å². The lowest BCUT2D eigenvalue weighted by atomic mass is 10.1. The zero-order valence-corrected chi connectivity index (χ0v) is 10.2. The fraction of sp³-hybridized carbons (Fsp3) is 0.286. The van der Waals surface area contributed by atoms with Crippen LogP contribution in [0.3, 0.4) is 0 Å². The van der Waals surface area contributed by atoms with Crippen molar-refractivity contribution in [2.45, 2.75) is 18.9 Å². The molecule has 2 heterocycles. The summed E-state index contributed by atoms with van der Waals surface area (Å²) >= 11 is 0. The molecule has 1 saturated heterocycles. The van der Waals surface area contributed by atoms with Crippen LogP contribution in [0, 0.1) is 11.6 Å². The third-order valence-electron chi connectivity index (χ3n) is 3.25. The third kappa shape index (κ3) is 2.46. The highest BCUT2D eigenvalue weighted by atomic mass is 19.1. The van der Waals surface area contributed by atoms with Gasteiger partial charge in [0.25, 0.3) is 0 Å². The van der Waals surface area contributed by atoms with E-state index < -0.39 is 11.6 Å². The number of rotatable bonds is 2. The van der Waals surface area contributed by atoms with Gasteiger partial charge in [-0.3, -0.25) is 0 Å². The summed E-state index contributed by atoms with van der Waals surface area (Å²) in [5.41, 5.74) is 0.777. The van der Waals surface area contributed by atoms with Gasteiger partial charge in [-0.2, -0.15) is 0 Å². The van der Waals surface area contributed by atoms with E-state index in [0.717, 1.165) is 25.5 Å². The maximum Gasteiger partial charge on any atom is 0.145 e. The Morgan fingerprint density at radius 3 is 2.84 bits per heavy atom. The molecule has 1 N–H and O–H groups in total. The van der Waals surface area contributed by atoms with Gasteiger partial charge in [-0.1, -0.05) is 0 Å². The van der Waals surface area contributed by atoms with E-state index >= 15 is 0 Å². The first-order chi connectivity index (χ1) is 9.24. The van der Waals surface area contributed by atoms with E-state index in [4.69, 9.17) is 0 Å². The number of hydrogen-bond acceptors (Lipinski definition) is 3. The highest BCUT2D eigenvalue weighted by Crippen LogP contribution is 2.24. The minimum Gasteiger partial charge on any atom is -0.307 e. The molecule has 98 valence electrons. The molecule has 0 spiro atoms. The van der Waals surface area contributed by atoms with Crippen LogP contribution in [0.4, 0.5) is 8.78 Å². The summed E-state index contributed by atoms with van der Waals surface area (Å²) in [6.45, 7) is 0.948. The first-order valence-electron chi connectivity index (χ1n) is 6.26. The minimum absolute atomic E-state index is 0.128. The Labute approximate surface area is 109 Å². The fourth-order valence-corrected chi connectivity index (χ4v) is 2.29. The summed E-state index contributed by atoms with van der Waals surface area (Å²) in [5.74, 6) is -0.532. The summed E-state index contributed by atoms with van der Waals surface area (Å²) in [7, 11) is 0. The molecule has 0 saturated carbocycles. The molecule has 3 rings (SSSR count). The van der Waals surface area contributed by atoms with E-state index in [9.17, 15) is 8.78 Å². The number of hydrogen-bond donors (Lipinski definition) is 1. The van der Waals surface area contributed by atoms with Crippen LogP contribution >= 0.6 is 0 Å². The van der Waals surface area contributed by atoms with Crippen LogP contribution in [0.1, 0.15) is 24.7 Å². The summed E-state index contributed by atoms with van der Waals surface area (Å²) in [6.07, 6.45) is 3.68.